The van der Waals surface area contributed by atoms with Gasteiger partial charge in [0.25, 0.3) is 17.4 Å². The van der Waals surface area contributed by atoms with E-state index in [-0.39, 0.29) is 42.4 Å². The predicted octanol–water partition coefficient (Wildman–Crippen LogP) is 3.77. The fourth-order valence-electron chi connectivity index (χ4n) is 5.37. The normalized spacial score (nSPS) is 16.7. The Morgan fingerprint density at radius 2 is 1.81 bits per heavy atom. The SMILES string of the molecule is CN1CCC(N2C(=O)c3cc4nc(-c5c(NCC(O)COc6ccc(Cl)c(Cl)c6)cc[nH]c5=O)[nH]c4cc3C2=O)CC1. The van der Waals surface area contributed by atoms with E-state index in [0.717, 1.165) is 25.9 Å². The largest absolute Gasteiger partial charge is 0.491 e. The number of aromatic amines is 2. The first-order valence-corrected chi connectivity index (χ1v) is 14.3. The van der Waals surface area contributed by atoms with Crippen LogP contribution in [0.25, 0.3) is 22.4 Å². The Morgan fingerprint density at radius 1 is 1.07 bits per heavy atom. The Kier molecular flexibility index (Phi) is 7.67. The van der Waals surface area contributed by atoms with Gasteiger partial charge in [-0.3, -0.25) is 19.3 Å². The number of rotatable bonds is 8. The van der Waals surface area contributed by atoms with E-state index in [9.17, 15) is 19.5 Å². The number of nitrogens with one attached hydrogen (secondary N) is 3. The zero-order valence-electron chi connectivity index (χ0n) is 22.6. The van der Waals surface area contributed by atoms with Crippen LogP contribution in [0.4, 0.5) is 5.69 Å². The minimum atomic E-state index is -0.922. The van der Waals surface area contributed by atoms with Crippen LogP contribution in [0.1, 0.15) is 33.6 Å². The summed E-state index contributed by atoms with van der Waals surface area (Å²) < 4.78 is 5.60. The topological polar surface area (TPSA) is 144 Å². The van der Waals surface area contributed by atoms with Gasteiger partial charge >= 0.3 is 0 Å². The predicted molar refractivity (Wildman–Crippen MR) is 160 cm³/mol. The zero-order valence-corrected chi connectivity index (χ0v) is 24.1. The number of imide groups is 1. The molecule has 2 aromatic heterocycles. The molecule has 0 bridgehead atoms. The summed E-state index contributed by atoms with van der Waals surface area (Å²) in [4.78, 5) is 53.4. The number of aliphatic hydroxyl groups excluding tert-OH is 1. The Labute approximate surface area is 250 Å². The number of carbonyl (C=O) groups is 2. The standard InChI is InChI=1S/C29H28Cl2N6O5/c1-36-8-5-15(6-9-36)37-28(40)18-11-23-24(12-19(18)29(37)41)35-26(34-23)25-22(4-7-32-27(25)39)33-13-16(38)14-42-17-2-3-20(30)21(31)10-17/h2-4,7,10-12,15-16,38H,5-6,8-9,13-14H2,1H3,(H,34,35)(H2,32,33,39). The van der Waals surface area contributed by atoms with E-state index in [4.69, 9.17) is 27.9 Å². The average molecular weight is 611 g/mol. The maximum atomic E-state index is 13.3. The molecule has 2 amide bonds. The summed E-state index contributed by atoms with van der Waals surface area (Å²) >= 11 is 11.9. The first kappa shape index (κ1) is 28.2. The van der Waals surface area contributed by atoms with E-state index in [2.05, 4.69) is 25.2 Å². The van der Waals surface area contributed by atoms with Crippen LogP contribution in [0.2, 0.25) is 10.0 Å². The van der Waals surface area contributed by atoms with Crippen molar-refractivity contribution in [2.45, 2.75) is 25.0 Å². The van der Waals surface area contributed by atoms with Crippen LogP contribution in [0.3, 0.4) is 0 Å². The summed E-state index contributed by atoms with van der Waals surface area (Å²) in [5, 5.41) is 14.3. The number of ether oxygens (including phenoxy) is 1. The van der Waals surface area contributed by atoms with Crippen LogP contribution >= 0.6 is 23.2 Å². The maximum Gasteiger partial charge on any atom is 0.261 e. The molecule has 4 heterocycles. The molecule has 1 atom stereocenters. The second-order valence-corrected chi connectivity index (χ2v) is 11.3. The van der Waals surface area contributed by atoms with Crippen molar-refractivity contribution in [3.05, 3.63) is 74.1 Å². The summed E-state index contributed by atoms with van der Waals surface area (Å²) in [6.07, 6.45) is 2.05. The number of benzene rings is 2. The number of H-pyrrole nitrogens is 2. The lowest BCUT2D eigenvalue weighted by Crippen LogP contribution is -2.46. The Morgan fingerprint density at radius 3 is 2.55 bits per heavy atom. The zero-order chi connectivity index (χ0) is 29.5. The van der Waals surface area contributed by atoms with Gasteiger partial charge in [0.15, 0.2) is 0 Å². The molecule has 1 fully saturated rings. The number of hydrogen-bond donors (Lipinski definition) is 4. The molecule has 11 nitrogen and oxygen atoms in total. The number of piperidine rings is 1. The highest BCUT2D eigenvalue weighted by atomic mass is 35.5. The van der Waals surface area contributed by atoms with Gasteiger partial charge in [-0.25, -0.2) is 4.98 Å². The van der Waals surface area contributed by atoms with E-state index >= 15 is 0 Å². The number of pyridine rings is 1. The van der Waals surface area contributed by atoms with E-state index < -0.39 is 11.7 Å². The molecule has 13 heteroatoms. The minimum Gasteiger partial charge on any atom is -0.491 e. The lowest BCUT2D eigenvalue weighted by molar-refractivity contribution is 0.0516. The van der Waals surface area contributed by atoms with Crippen molar-refractivity contribution in [2.24, 2.45) is 0 Å². The van der Waals surface area contributed by atoms with Gasteiger partial charge in [0, 0.05) is 24.8 Å². The van der Waals surface area contributed by atoms with Gasteiger partial charge in [-0.2, -0.15) is 0 Å². The second-order valence-electron chi connectivity index (χ2n) is 10.5. The van der Waals surface area contributed by atoms with Crippen LogP contribution in [0.15, 0.2) is 47.4 Å². The summed E-state index contributed by atoms with van der Waals surface area (Å²) in [7, 11) is 2.03. The van der Waals surface area contributed by atoms with Gasteiger partial charge in [0.1, 0.15) is 29.8 Å². The molecule has 42 heavy (non-hydrogen) atoms. The second kappa shape index (κ2) is 11.4. The summed E-state index contributed by atoms with van der Waals surface area (Å²) in [5.74, 6) is 0.0973. The number of anilines is 1. The quantitative estimate of drug-likeness (QED) is 0.221. The average Bonchev–Trinajstić information content (AvgIpc) is 3.49. The Balaban J connectivity index is 1.20. The van der Waals surface area contributed by atoms with Crippen LogP contribution in [-0.4, -0.2) is 87.1 Å². The molecule has 0 spiro atoms. The van der Waals surface area contributed by atoms with Crippen LogP contribution in [0.5, 0.6) is 5.75 Å². The molecular weight excluding hydrogens is 583 g/mol. The molecule has 1 unspecified atom stereocenters. The third-order valence-electron chi connectivity index (χ3n) is 7.63. The van der Waals surface area contributed by atoms with Gasteiger partial charge in [-0.1, -0.05) is 23.2 Å². The van der Waals surface area contributed by atoms with Crippen molar-refractivity contribution < 1.29 is 19.4 Å². The number of fused-ring (bicyclic) bond motifs is 2. The molecule has 2 aromatic carbocycles. The molecule has 6 rings (SSSR count). The highest BCUT2D eigenvalue weighted by molar-refractivity contribution is 6.42. The van der Waals surface area contributed by atoms with Crippen molar-refractivity contribution >= 4 is 51.7 Å². The van der Waals surface area contributed by atoms with E-state index in [0.29, 0.717) is 43.6 Å². The summed E-state index contributed by atoms with van der Waals surface area (Å²) in [6, 6.07) is 9.57. The van der Waals surface area contributed by atoms with Crippen molar-refractivity contribution in [1.29, 1.82) is 0 Å². The van der Waals surface area contributed by atoms with Crippen molar-refractivity contribution in [2.75, 3.05) is 38.6 Å². The van der Waals surface area contributed by atoms with Gasteiger partial charge in [-0.15, -0.1) is 0 Å². The number of amides is 2. The number of aliphatic hydroxyl groups is 1. The Bertz CT molecular complexity index is 1690. The molecule has 0 radical (unpaired) electrons. The van der Waals surface area contributed by atoms with E-state index in [1.54, 1.807) is 36.4 Å². The smallest absolute Gasteiger partial charge is 0.261 e. The molecule has 2 aliphatic heterocycles. The fraction of sp³-hybridized carbons (Fsp3) is 0.310. The van der Waals surface area contributed by atoms with Crippen LogP contribution in [-0.2, 0) is 0 Å². The summed E-state index contributed by atoms with van der Waals surface area (Å²) in [6.45, 7) is 1.69. The highest BCUT2D eigenvalue weighted by Gasteiger charge is 2.41. The van der Waals surface area contributed by atoms with Crippen LogP contribution < -0.4 is 15.6 Å². The van der Waals surface area contributed by atoms with Gasteiger partial charge < -0.3 is 30.0 Å². The van der Waals surface area contributed by atoms with Gasteiger partial charge in [0.05, 0.1) is 37.9 Å². The van der Waals surface area contributed by atoms with Crippen LogP contribution in [0, 0.1) is 0 Å². The maximum absolute atomic E-state index is 13.3. The van der Waals surface area contributed by atoms with Gasteiger partial charge in [0.2, 0.25) is 0 Å². The minimum absolute atomic E-state index is 0.0314. The number of likely N-dealkylation sites (tertiary alicyclic amines) is 1. The molecule has 0 aliphatic carbocycles. The third kappa shape index (κ3) is 5.36. The number of aromatic nitrogens is 3. The number of nitrogens with zero attached hydrogens (tertiary/aromatic N) is 3. The number of halogens is 2. The number of hydrogen-bond acceptors (Lipinski definition) is 8. The molecule has 1 saturated heterocycles. The van der Waals surface area contributed by atoms with E-state index in [1.807, 2.05) is 7.05 Å². The summed E-state index contributed by atoms with van der Waals surface area (Å²) in [5.41, 5.74) is 1.87. The van der Waals surface area contributed by atoms with Gasteiger partial charge in [-0.05, 0) is 63.3 Å². The molecule has 218 valence electrons. The number of imidazole rings is 1. The van der Waals surface area contributed by atoms with E-state index in [1.165, 1.54) is 11.1 Å². The lowest BCUT2D eigenvalue weighted by Gasteiger charge is -2.33. The Hall–Kier alpha value is -3.90. The molecule has 4 aromatic rings. The van der Waals surface area contributed by atoms with Crippen molar-refractivity contribution in [3.63, 3.8) is 0 Å². The monoisotopic (exact) mass is 610 g/mol. The first-order chi connectivity index (χ1) is 20.2. The highest BCUT2D eigenvalue weighted by Crippen LogP contribution is 2.33. The number of carbonyl (C=O) groups excluding carboxylic acids is 2. The van der Waals surface area contributed by atoms with Crippen molar-refractivity contribution in [3.8, 4) is 17.1 Å². The van der Waals surface area contributed by atoms with Crippen molar-refractivity contribution in [1.82, 2.24) is 24.8 Å². The molecule has 2 aliphatic rings. The molecular formula is C29H28Cl2N6O5. The third-order valence-corrected chi connectivity index (χ3v) is 8.37. The fourth-order valence-corrected chi connectivity index (χ4v) is 5.66. The molecule has 4 N–H and O–H groups in total. The first-order valence-electron chi connectivity index (χ1n) is 13.5. The lowest BCUT2D eigenvalue weighted by atomic mass is 10.0. The molecule has 0 saturated carbocycles.